The van der Waals surface area contributed by atoms with Gasteiger partial charge in [0.15, 0.2) is 0 Å². The Balaban J connectivity index is 1.91. The third-order valence-electron chi connectivity index (χ3n) is 3.82. The number of rotatable bonds is 5. The van der Waals surface area contributed by atoms with Crippen LogP contribution in [-0.2, 0) is 21.4 Å². The number of nitrogens with one attached hydrogen (secondary N) is 1. The summed E-state index contributed by atoms with van der Waals surface area (Å²) >= 11 is 0. The molecule has 0 saturated carbocycles. The minimum atomic E-state index is -3.23. The number of hydrogen-bond donors (Lipinski definition) is 1. The molecule has 1 aromatic rings. The molecule has 22 heavy (non-hydrogen) atoms. The lowest BCUT2D eigenvalue weighted by molar-refractivity contribution is -0.126. The Labute approximate surface area is 131 Å². The molecular formula is C15H22N2O4S. The summed E-state index contributed by atoms with van der Waals surface area (Å²) in [6.45, 7) is 1.17. The van der Waals surface area contributed by atoms with E-state index in [9.17, 15) is 13.2 Å². The molecule has 7 heteroatoms. The number of carbonyl (C=O) groups excluding carboxylic acids is 1. The summed E-state index contributed by atoms with van der Waals surface area (Å²) in [5.74, 6) is 0.359. The molecule has 0 aliphatic carbocycles. The Bertz CT molecular complexity index is 630. The maximum Gasteiger partial charge on any atom is 0.224 e. The number of ether oxygens (including phenoxy) is 1. The zero-order valence-corrected chi connectivity index (χ0v) is 13.7. The molecule has 1 N–H and O–H groups in total. The van der Waals surface area contributed by atoms with Crippen molar-refractivity contribution in [2.24, 2.45) is 5.92 Å². The number of amides is 1. The van der Waals surface area contributed by atoms with Crippen molar-refractivity contribution in [1.82, 2.24) is 9.62 Å². The van der Waals surface area contributed by atoms with Gasteiger partial charge in [-0.2, -0.15) is 0 Å². The van der Waals surface area contributed by atoms with Gasteiger partial charge in [0, 0.05) is 19.6 Å². The number of nitrogens with zero attached hydrogens (tertiary/aromatic N) is 1. The topological polar surface area (TPSA) is 75.7 Å². The maximum atomic E-state index is 12.2. The Morgan fingerprint density at radius 1 is 1.45 bits per heavy atom. The van der Waals surface area contributed by atoms with E-state index in [0.29, 0.717) is 19.5 Å². The molecule has 2 rings (SSSR count). The predicted molar refractivity (Wildman–Crippen MR) is 84.0 cm³/mol. The molecule has 1 saturated heterocycles. The van der Waals surface area contributed by atoms with Crippen molar-refractivity contribution in [3.63, 3.8) is 0 Å². The molecule has 1 aromatic carbocycles. The first-order chi connectivity index (χ1) is 10.4. The molecule has 0 unspecified atom stereocenters. The summed E-state index contributed by atoms with van der Waals surface area (Å²) < 4.78 is 29.7. The summed E-state index contributed by atoms with van der Waals surface area (Å²) in [4.78, 5) is 12.2. The average molecular weight is 326 g/mol. The van der Waals surface area contributed by atoms with Gasteiger partial charge in [-0.15, -0.1) is 0 Å². The van der Waals surface area contributed by atoms with Gasteiger partial charge in [0.1, 0.15) is 5.75 Å². The van der Waals surface area contributed by atoms with Crippen molar-refractivity contribution in [3.05, 3.63) is 29.8 Å². The van der Waals surface area contributed by atoms with Gasteiger partial charge in [0.2, 0.25) is 15.9 Å². The van der Waals surface area contributed by atoms with E-state index in [1.54, 1.807) is 7.11 Å². The van der Waals surface area contributed by atoms with Crippen LogP contribution in [0.4, 0.5) is 0 Å². The number of methoxy groups -OCH3 is 1. The van der Waals surface area contributed by atoms with Crippen molar-refractivity contribution in [2.75, 3.05) is 26.5 Å². The van der Waals surface area contributed by atoms with Crippen molar-refractivity contribution in [1.29, 1.82) is 0 Å². The molecule has 0 aromatic heterocycles. The Hall–Kier alpha value is -1.60. The molecule has 1 amide bonds. The van der Waals surface area contributed by atoms with Gasteiger partial charge in [-0.25, -0.2) is 12.7 Å². The third-order valence-corrected chi connectivity index (χ3v) is 5.09. The molecule has 0 spiro atoms. The van der Waals surface area contributed by atoms with Crippen LogP contribution in [0, 0.1) is 5.92 Å². The van der Waals surface area contributed by atoms with E-state index in [1.807, 2.05) is 24.3 Å². The Morgan fingerprint density at radius 3 is 2.91 bits per heavy atom. The van der Waals surface area contributed by atoms with Crippen LogP contribution in [0.3, 0.4) is 0 Å². The number of carbonyl (C=O) groups is 1. The fourth-order valence-corrected chi connectivity index (χ4v) is 3.49. The van der Waals surface area contributed by atoms with Gasteiger partial charge in [-0.1, -0.05) is 12.1 Å². The molecule has 122 valence electrons. The van der Waals surface area contributed by atoms with Crippen LogP contribution in [0.2, 0.25) is 0 Å². The number of piperidine rings is 1. The molecule has 1 atom stereocenters. The largest absolute Gasteiger partial charge is 0.497 e. The Kier molecular flexibility index (Phi) is 5.42. The summed E-state index contributed by atoms with van der Waals surface area (Å²) in [6.07, 6.45) is 2.61. The van der Waals surface area contributed by atoms with E-state index < -0.39 is 10.0 Å². The van der Waals surface area contributed by atoms with Crippen molar-refractivity contribution >= 4 is 15.9 Å². The maximum absolute atomic E-state index is 12.2. The lowest BCUT2D eigenvalue weighted by Crippen LogP contribution is -2.44. The van der Waals surface area contributed by atoms with Crippen molar-refractivity contribution < 1.29 is 17.9 Å². The first-order valence-corrected chi connectivity index (χ1v) is 9.11. The van der Waals surface area contributed by atoms with Gasteiger partial charge in [0.25, 0.3) is 0 Å². The summed E-state index contributed by atoms with van der Waals surface area (Å²) in [5.41, 5.74) is 0.948. The highest BCUT2D eigenvalue weighted by Crippen LogP contribution is 2.19. The standard InChI is InChI=1S/C15H22N2O4S/c1-21-14-7-3-5-12(9-14)10-16-15(18)13-6-4-8-17(11-13)22(2,19)20/h3,5,7,9,13H,4,6,8,10-11H2,1-2H3,(H,16,18)/t13-/m1/s1. The predicted octanol–water partition coefficient (Wildman–Crippen LogP) is 0.983. The zero-order chi connectivity index (χ0) is 16.2. The van der Waals surface area contributed by atoms with Gasteiger partial charge >= 0.3 is 0 Å². The van der Waals surface area contributed by atoms with Crippen molar-refractivity contribution in [2.45, 2.75) is 19.4 Å². The first kappa shape index (κ1) is 16.8. The highest BCUT2D eigenvalue weighted by atomic mass is 32.2. The van der Waals surface area contributed by atoms with Crippen LogP contribution in [0.1, 0.15) is 18.4 Å². The quantitative estimate of drug-likeness (QED) is 0.875. The molecule has 1 aliphatic heterocycles. The SMILES string of the molecule is COc1cccc(CNC(=O)[C@@H]2CCCN(S(C)(=O)=O)C2)c1. The van der Waals surface area contributed by atoms with E-state index >= 15 is 0 Å². The smallest absolute Gasteiger partial charge is 0.224 e. The van der Waals surface area contributed by atoms with E-state index in [1.165, 1.54) is 10.6 Å². The number of benzene rings is 1. The normalized spacial score (nSPS) is 19.6. The summed E-state index contributed by atoms with van der Waals surface area (Å²) in [6, 6.07) is 7.49. The second kappa shape index (κ2) is 7.11. The monoisotopic (exact) mass is 326 g/mol. The van der Waals surface area contributed by atoms with Crippen LogP contribution in [0.5, 0.6) is 5.75 Å². The minimum absolute atomic E-state index is 0.101. The highest BCUT2D eigenvalue weighted by molar-refractivity contribution is 7.88. The fourth-order valence-electron chi connectivity index (χ4n) is 2.57. The number of hydrogen-bond acceptors (Lipinski definition) is 4. The lowest BCUT2D eigenvalue weighted by Gasteiger charge is -2.30. The van der Waals surface area contributed by atoms with E-state index in [0.717, 1.165) is 17.7 Å². The average Bonchev–Trinajstić information content (AvgIpc) is 2.52. The minimum Gasteiger partial charge on any atom is -0.497 e. The van der Waals surface area contributed by atoms with Crippen LogP contribution in [-0.4, -0.2) is 45.1 Å². The first-order valence-electron chi connectivity index (χ1n) is 7.26. The van der Waals surface area contributed by atoms with E-state index in [-0.39, 0.29) is 18.4 Å². The summed E-state index contributed by atoms with van der Waals surface area (Å²) in [7, 11) is -1.63. The molecule has 0 radical (unpaired) electrons. The van der Waals surface area contributed by atoms with Crippen LogP contribution in [0.25, 0.3) is 0 Å². The van der Waals surface area contributed by atoms with Crippen LogP contribution < -0.4 is 10.1 Å². The van der Waals surface area contributed by atoms with Gasteiger partial charge < -0.3 is 10.1 Å². The van der Waals surface area contributed by atoms with E-state index in [4.69, 9.17) is 4.74 Å². The Morgan fingerprint density at radius 2 is 2.23 bits per heavy atom. The van der Waals surface area contributed by atoms with Crippen molar-refractivity contribution in [3.8, 4) is 5.75 Å². The lowest BCUT2D eigenvalue weighted by atomic mass is 9.99. The third kappa shape index (κ3) is 4.45. The fraction of sp³-hybridized carbons (Fsp3) is 0.533. The molecule has 1 fully saturated rings. The molecular weight excluding hydrogens is 304 g/mol. The molecule has 1 heterocycles. The van der Waals surface area contributed by atoms with Crippen LogP contribution >= 0.6 is 0 Å². The van der Waals surface area contributed by atoms with Crippen LogP contribution in [0.15, 0.2) is 24.3 Å². The molecule has 6 nitrogen and oxygen atoms in total. The van der Waals surface area contributed by atoms with Gasteiger partial charge in [-0.3, -0.25) is 4.79 Å². The van der Waals surface area contributed by atoms with Gasteiger partial charge in [-0.05, 0) is 30.5 Å². The second-order valence-corrected chi connectivity index (χ2v) is 7.51. The highest BCUT2D eigenvalue weighted by Gasteiger charge is 2.29. The second-order valence-electron chi connectivity index (χ2n) is 5.53. The molecule has 0 bridgehead atoms. The van der Waals surface area contributed by atoms with Gasteiger partial charge in [0.05, 0.1) is 19.3 Å². The molecule has 1 aliphatic rings. The van der Waals surface area contributed by atoms with E-state index in [2.05, 4.69) is 5.32 Å². The summed E-state index contributed by atoms with van der Waals surface area (Å²) in [5, 5.41) is 2.88. The number of sulfonamides is 1. The zero-order valence-electron chi connectivity index (χ0n) is 12.9.